The van der Waals surface area contributed by atoms with Crippen molar-refractivity contribution in [1.29, 1.82) is 0 Å². The molecule has 0 aliphatic heterocycles. The van der Waals surface area contributed by atoms with Gasteiger partial charge in [-0.1, -0.05) is 6.92 Å². The number of carbonyl (C=O) groups excluding carboxylic acids is 1. The zero-order valence-electron chi connectivity index (χ0n) is 10.6. The molecule has 6 heteroatoms. The lowest BCUT2D eigenvalue weighted by Crippen LogP contribution is -2.15. The van der Waals surface area contributed by atoms with Gasteiger partial charge in [0.1, 0.15) is 6.33 Å². The van der Waals surface area contributed by atoms with Gasteiger partial charge < -0.3 is 10.6 Å². The minimum atomic E-state index is -0.212. The zero-order valence-corrected chi connectivity index (χ0v) is 10.6. The van der Waals surface area contributed by atoms with Gasteiger partial charge in [0.2, 0.25) is 0 Å². The average Bonchev–Trinajstić information content (AvgIpc) is 2.46. The maximum Gasteiger partial charge on any atom is 0.257 e. The fourth-order valence-electron chi connectivity index (χ4n) is 1.56. The van der Waals surface area contributed by atoms with Gasteiger partial charge in [0.15, 0.2) is 0 Å². The minimum absolute atomic E-state index is 0.212. The largest absolute Gasteiger partial charge is 0.383 e. The van der Waals surface area contributed by atoms with E-state index in [9.17, 15) is 4.79 Å². The third-order valence-electron chi connectivity index (χ3n) is 2.45. The third kappa shape index (κ3) is 3.48. The first-order valence-electron chi connectivity index (χ1n) is 6.05. The van der Waals surface area contributed by atoms with Gasteiger partial charge in [-0.15, -0.1) is 0 Å². The summed E-state index contributed by atoms with van der Waals surface area (Å²) >= 11 is 0. The Morgan fingerprint density at radius 1 is 1.21 bits per heavy atom. The van der Waals surface area contributed by atoms with E-state index in [4.69, 9.17) is 0 Å². The van der Waals surface area contributed by atoms with Gasteiger partial charge >= 0.3 is 0 Å². The predicted octanol–water partition coefficient (Wildman–Crippen LogP) is 1.95. The van der Waals surface area contributed by atoms with Gasteiger partial charge in [-0.3, -0.25) is 9.78 Å². The molecule has 0 unspecified atom stereocenters. The van der Waals surface area contributed by atoms with Crippen LogP contribution in [0, 0.1) is 0 Å². The number of nitrogens with zero attached hydrogens (tertiary/aromatic N) is 3. The van der Waals surface area contributed by atoms with Crippen LogP contribution in [0.1, 0.15) is 23.7 Å². The van der Waals surface area contributed by atoms with E-state index < -0.39 is 0 Å². The maximum atomic E-state index is 12.2. The summed E-state index contributed by atoms with van der Waals surface area (Å²) < 4.78 is 0. The monoisotopic (exact) mass is 257 g/mol. The lowest BCUT2D eigenvalue weighted by atomic mass is 10.2. The van der Waals surface area contributed by atoms with Gasteiger partial charge in [0.05, 0.1) is 35.5 Å². The molecule has 1 amide bonds. The van der Waals surface area contributed by atoms with Crippen LogP contribution in [-0.4, -0.2) is 27.4 Å². The molecule has 0 aliphatic carbocycles. The molecule has 0 aromatic carbocycles. The molecule has 0 saturated heterocycles. The molecule has 0 spiro atoms. The molecule has 19 heavy (non-hydrogen) atoms. The molecule has 0 radical (unpaired) electrons. The molecule has 2 aromatic rings. The second kappa shape index (κ2) is 6.44. The number of aromatic nitrogens is 3. The van der Waals surface area contributed by atoms with Crippen LogP contribution in [0.25, 0.3) is 0 Å². The Morgan fingerprint density at radius 2 is 2.00 bits per heavy atom. The van der Waals surface area contributed by atoms with E-state index in [0.29, 0.717) is 11.3 Å². The molecule has 98 valence electrons. The average molecular weight is 257 g/mol. The summed E-state index contributed by atoms with van der Waals surface area (Å²) in [5.74, 6) is -0.212. The number of pyridine rings is 1. The smallest absolute Gasteiger partial charge is 0.257 e. The van der Waals surface area contributed by atoms with Crippen molar-refractivity contribution in [2.24, 2.45) is 0 Å². The Hall–Kier alpha value is -2.50. The van der Waals surface area contributed by atoms with Crippen LogP contribution in [0.3, 0.4) is 0 Å². The van der Waals surface area contributed by atoms with Crippen LogP contribution in [0.15, 0.2) is 37.2 Å². The summed E-state index contributed by atoms with van der Waals surface area (Å²) in [4.78, 5) is 23.9. The molecule has 2 aromatic heterocycles. The van der Waals surface area contributed by atoms with E-state index in [2.05, 4.69) is 32.5 Å². The second-order valence-electron chi connectivity index (χ2n) is 3.93. The minimum Gasteiger partial charge on any atom is -0.383 e. The highest BCUT2D eigenvalue weighted by molar-refractivity contribution is 6.07. The van der Waals surface area contributed by atoms with E-state index in [1.165, 1.54) is 6.33 Å². The Balaban J connectivity index is 2.14. The molecule has 0 bridgehead atoms. The number of anilines is 2. The van der Waals surface area contributed by atoms with Crippen LogP contribution in [0.4, 0.5) is 11.4 Å². The van der Waals surface area contributed by atoms with Crippen LogP contribution in [0.5, 0.6) is 0 Å². The van der Waals surface area contributed by atoms with Crippen molar-refractivity contribution in [1.82, 2.24) is 15.0 Å². The van der Waals surface area contributed by atoms with Gasteiger partial charge in [0.25, 0.3) is 5.91 Å². The molecular formula is C13H15N5O. The van der Waals surface area contributed by atoms with Crippen molar-refractivity contribution >= 4 is 17.3 Å². The van der Waals surface area contributed by atoms with Gasteiger partial charge in [0, 0.05) is 12.7 Å². The third-order valence-corrected chi connectivity index (χ3v) is 2.45. The van der Waals surface area contributed by atoms with E-state index in [-0.39, 0.29) is 5.91 Å². The van der Waals surface area contributed by atoms with Gasteiger partial charge in [-0.05, 0) is 12.5 Å². The second-order valence-corrected chi connectivity index (χ2v) is 3.93. The van der Waals surface area contributed by atoms with Crippen LogP contribution in [-0.2, 0) is 0 Å². The van der Waals surface area contributed by atoms with Crippen molar-refractivity contribution in [2.45, 2.75) is 13.3 Å². The highest BCUT2D eigenvalue weighted by atomic mass is 16.1. The van der Waals surface area contributed by atoms with E-state index >= 15 is 0 Å². The number of hydrogen-bond donors (Lipinski definition) is 2. The van der Waals surface area contributed by atoms with Gasteiger partial charge in [-0.2, -0.15) is 0 Å². The normalized spacial score (nSPS) is 9.95. The summed E-state index contributed by atoms with van der Waals surface area (Å²) in [6.07, 6.45) is 8.72. The summed E-state index contributed by atoms with van der Waals surface area (Å²) in [6.45, 7) is 2.85. The van der Waals surface area contributed by atoms with Crippen molar-refractivity contribution in [3.8, 4) is 0 Å². The molecule has 2 N–H and O–H groups in total. The molecule has 6 nitrogen and oxygen atoms in total. The number of amides is 1. The van der Waals surface area contributed by atoms with Crippen molar-refractivity contribution in [3.63, 3.8) is 0 Å². The first kappa shape index (κ1) is 12.9. The van der Waals surface area contributed by atoms with E-state index in [0.717, 1.165) is 18.7 Å². The number of rotatable bonds is 5. The molecule has 0 atom stereocenters. The molecule has 2 rings (SSSR count). The fourth-order valence-corrected chi connectivity index (χ4v) is 1.56. The predicted molar refractivity (Wildman–Crippen MR) is 73.0 cm³/mol. The maximum absolute atomic E-state index is 12.2. The van der Waals surface area contributed by atoms with E-state index in [1.54, 1.807) is 30.9 Å². The standard InChI is InChI=1S/C13H15N5O/c1-2-4-17-12-8-14-5-3-11(12)13(19)18-10-6-15-9-16-7-10/h3,5-9,17H,2,4H2,1H3,(H,18,19). The number of hydrogen-bond acceptors (Lipinski definition) is 5. The number of carbonyl (C=O) groups is 1. The quantitative estimate of drug-likeness (QED) is 0.855. The van der Waals surface area contributed by atoms with Crippen molar-refractivity contribution in [2.75, 3.05) is 17.2 Å². The Labute approximate surface area is 111 Å². The van der Waals surface area contributed by atoms with E-state index in [1.807, 2.05) is 0 Å². The number of nitrogens with one attached hydrogen (secondary N) is 2. The van der Waals surface area contributed by atoms with Crippen molar-refractivity contribution in [3.05, 3.63) is 42.7 Å². The van der Waals surface area contributed by atoms with Crippen LogP contribution in [0.2, 0.25) is 0 Å². The Kier molecular flexibility index (Phi) is 4.39. The summed E-state index contributed by atoms with van der Waals surface area (Å²) in [6, 6.07) is 1.68. The fraction of sp³-hybridized carbons (Fsp3) is 0.231. The molecule has 2 heterocycles. The molecule has 0 saturated carbocycles. The highest BCUT2D eigenvalue weighted by Crippen LogP contribution is 2.15. The van der Waals surface area contributed by atoms with Crippen molar-refractivity contribution < 1.29 is 4.79 Å². The molecule has 0 fully saturated rings. The van der Waals surface area contributed by atoms with Crippen LogP contribution >= 0.6 is 0 Å². The molecule has 0 aliphatic rings. The first-order valence-corrected chi connectivity index (χ1v) is 6.05. The summed E-state index contributed by atoms with van der Waals surface area (Å²) in [5.41, 5.74) is 1.83. The first-order chi connectivity index (χ1) is 9.31. The van der Waals surface area contributed by atoms with Crippen LogP contribution < -0.4 is 10.6 Å². The topological polar surface area (TPSA) is 79.8 Å². The van der Waals surface area contributed by atoms with Gasteiger partial charge in [-0.25, -0.2) is 9.97 Å². The molecular weight excluding hydrogens is 242 g/mol. The lowest BCUT2D eigenvalue weighted by Gasteiger charge is -2.10. The zero-order chi connectivity index (χ0) is 13.5. The Morgan fingerprint density at radius 3 is 2.74 bits per heavy atom. The summed E-state index contributed by atoms with van der Waals surface area (Å²) in [7, 11) is 0. The Bertz CT molecular complexity index is 544. The lowest BCUT2D eigenvalue weighted by molar-refractivity contribution is 0.102. The SMILES string of the molecule is CCCNc1cnccc1C(=O)Nc1cncnc1. The summed E-state index contributed by atoms with van der Waals surface area (Å²) in [5, 5.41) is 5.92. The highest BCUT2D eigenvalue weighted by Gasteiger charge is 2.11.